The largest absolute Gasteiger partial charge is 0.512 e. The molecule has 0 bridgehead atoms. The Kier molecular flexibility index (Phi) is 11.5. The van der Waals surface area contributed by atoms with E-state index in [2.05, 4.69) is 118 Å². The molecule has 0 atom stereocenters. The maximum atomic E-state index is 11.3. The second-order valence-corrected chi connectivity index (χ2v) is 19.2. The minimum Gasteiger partial charge on any atom is -0.512 e. The van der Waals surface area contributed by atoms with Gasteiger partial charge in [0.15, 0.2) is 5.78 Å². The maximum Gasteiger partial charge on any atom is 0.164 e. The zero-order chi connectivity index (χ0) is 32.4. The molecule has 5 rings (SSSR count). The van der Waals surface area contributed by atoms with Crippen molar-refractivity contribution < 1.29 is 30.0 Å². The molecule has 5 heteroatoms. The predicted molar refractivity (Wildman–Crippen MR) is 191 cm³/mol. The van der Waals surface area contributed by atoms with Crippen LogP contribution in [-0.4, -0.2) is 23.9 Å². The van der Waals surface area contributed by atoms with Gasteiger partial charge in [-0.25, -0.2) is 0 Å². The summed E-state index contributed by atoms with van der Waals surface area (Å²) in [7, 11) is -1.45. The summed E-state index contributed by atoms with van der Waals surface area (Å²) in [5.41, 5.74) is 7.56. The van der Waals surface area contributed by atoms with E-state index in [-0.39, 0.29) is 37.6 Å². The molecule has 0 aliphatic rings. The van der Waals surface area contributed by atoms with E-state index in [1.54, 1.807) is 0 Å². The molecule has 0 saturated carbocycles. The van der Waals surface area contributed by atoms with E-state index in [9.17, 15) is 9.90 Å². The van der Waals surface area contributed by atoms with Crippen LogP contribution in [0.2, 0.25) is 19.6 Å². The van der Waals surface area contributed by atoms with Crippen molar-refractivity contribution in [2.45, 2.75) is 68.1 Å². The van der Waals surface area contributed by atoms with Gasteiger partial charge in [0, 0.05) is 42.9 Å². The summed E-state index contributed by atoms with van der Waals surface area (Å²) >= 11 is 0. The Morgan fingerprint density at radius 2 is 1.53 bits per heavy atom. The minimum atomic E-state index is -1.45. The number of hydrogen-bond donors (Lipinski definition) is 1. The summed E-state index contributed by atoms with van der Waals surface area (Å²) in [6, 6.07) is 32.3. The van der Waals surface area contributed by atoms with Gasteiger partial charge in [0.2, 0.25) is 0 Å². The van der Waals surface area contributed by atoms with Gasteiger partial charge in [-0.15, -0.1) is 34.9 Å². The number of carbonyl (C=O) groups excluding carboxylic acids is 1. The summed E-state index contributed by atoms with van der Waals surface area (Å²) in [4.78, 5) is 16.4. The molecule has 237 valence electrons. The van der Waals surface area contributed by atoms with Gasteiger partial charge >= 0.3 is 0 Å². The number of hydrogen-bond acceptors (Lipinski definition) is 3. The molecule has 1 aromatic heterocycles. The number of allylic oxidation sites excluding steroid dienone is 2. The van der Waals surface area contributed by atoms with Crippen molar-refractivity contribution in [3.05, 3.63) is 108 Å². The van der Waals surface area contributed by atoms with Crippen LogP contribution in [0.1, 0.15) is 45.7 Å². The standard InChI is InChI=1S/C30H28NSi.C10H18O2.Ir/c1-20-15-21(2)17-23(16-20)30-19-27(26-12-8-10-22-9-6-7-11-25(22)26)28-18-24(32(3,4)5)13-14-29(28)31-30;1-7(2)8(11)6-9(12)10(3,4)5;/h6-16,18-19H,1-5H3;6-7,11H,1-5H3;/q-1;;/b;8-6-;. The van der Waals surface area contributed by atoms with Crippen LogP contribution in [0.25, 0.3) is 44.1 Å². The van der Waals surface area contributed by atoms with Crippen molar-refractivity contribution in [2.75, 3.05) is 0 Å². The molecule has 0 aliphatic carbocycles. The molecule has 1 N–H and O–H groups in total. The van der Waals surface area contributed by atoms with Crippen molar-refractivity contribution in [3.63, 3.8) is 0 Å². The van der Waals surface area contributed by atoms with Crippen LogP contribution in [0, 0.1) is 31.2 Å². The third-order valence-electron chi connectivity index (χ3n) is 7.79. The molecule has 0 unspecified atom stereocenters. The molecular formula is C40H46IrNO2Si-. The second kappa shape index (κ2) is 14.4. The first-order valence-corrected chi connectivity index (χ1v) is 18.9. The normalized spacial score (nSPS) is 12.1. The van der Waals surface area contributed by atoms with Gasteiger partial charge in [0.05, 0.1) is 19.3 Å². The number of fused-ring (bicyclic) bond motifs is 2. The van der Waals surface area contributed by atoms with Gasteiger partial charge in [0.1, 0.15) is 0 Å². The number of carbonyl (C=O) groups is 1. The minimum absolute atomic E-state index is 0. The number of aliphatic hydroxyl groups is 1. The predicted octanol–water partition coefficient (Wildman–Crippen LogP) is 10.4. The molecule has 0 saturated heterocycles. The van der Waals surface area contributed by atoms with E-state index in [0.717, 1.165) is 22.3 Å². The summed E-state index contributed by atoms with van der Waals surface area (Å²) in [6.45, 7) is 20.6. The molecule has 4 aromatic carbocycles. The molecule has 0 fully saturated rings. The smallest absolute Gasteiger partial charge is 0.164 e. The monoisotopic (exact) mass is 793 g/mol. The van der Waals surface area contributed by atoms with Gasteiger partial charge < -0.3 is 5.11 Å². The third kappa shape index (κ3) is 8.88. The first-order valence-electron chi connectivity index (χ1n) is 15.4. The summed E-state index contributed by atoms with van der Waals surface area (Å²) in [6.07, 6.45) is 1.32. The summed E-state index contributed by atoms with van der Waals surface area (Å²) < 4.78 is 0. The van der Waals surface area contributed by atoms with Gasteiger partial charge in [0.25, 0.3) is 0 Å². The van der Waals surface area contributed by atoms with Crippen LogP contribution in [-0.2, 0) is 24.9 Å². The Bertz CT molecular complexity index is 1830. The van der Waals surface area contributed by atoms with E-state index >= 15 is 0 Å². The molecule has 0 spiro atoms. The van der Waals surface area contributed by atoms with E-state index in [1.165, 1.54) is 44.1 Å². The van der Waals surface area contributed by atoms with Gasteiger partial charge in [-0.05, 0) is 33.7 Å². The van der Waals surface area contributed by atoms with Crippen molar-refractivity contribution in [3.8, 4) is 22.4 Å². The number of nitrogens with zero attached hydrogens (tertiary/aromatic N) is 1. The SMILES string of the molecule is CC(C)/C(O)=C/C(=O)C(C)(C)C.Cc1[c-]c(-c2cc(-c3cccc4ccccc34)c3cc([Si](C)(C)C)ccc3n2)cc(C)c1.[Ir]. The van der Waals surface area contributed by atoms with Crippen LogP contribution in [0.3, 0.4) is 0 Å². The number of rotatable bonds is 5. The molecule has 1 radical (unpaired) electrons. The topological polar surface area (TPSA) is 50.2 Å². The number of aryl methyl sites for hydroxylation is 2. The second-order valence-electron chi connectivity index (χ2n) is 14.2. The van der Waals surface area contributed by atoms with Crippen molar-refractivity contribution >= 4 is 40.7 Å². The molecule has 5 aromatic rings. The van der Waals surface area contributed by atoms with Crippen LogP contribution >= 0.6 is 0 Å². The zero-order valence-electron chi connectivity index (χ0n) is 28.3. The Labute approximate surface area is 284 Å². The van der Waals surface area contributed by atoms with E-state index in [1.807, 2.05) is 34.6 Å². The number of aromatic nitrogens is 1. The Morgan fingerprint density at radius 3 is 2.16 bits per heavy atom. The van der Waals surface area contributed by atoms with E-state index < -0.39 is 13.5 Å². The maximum absolute atomic E-state index is 11.3. The fourth-order valence-corrected chi connectivity index (χ4v) is 6.22. The van der Waals surface area contributed by atoms with Gasteiger partial charge in [-0.1, -0.05) is 134 Å². The van der Waals surface area contributed by atoms with Crippen molar-refractivity contribution in [2.24, 2.45) is 11.3 Å². The van der Waals surface area contributed by atoms with Crippen LogP contribution in [0.5, 0.6) is 0 Å². The van der Waals surface area contributed by atoms with Gasteiger partial charge in [-0.2, -0.15) is 0 Å². The van der Waals surface area contributed by atoms with E-state index in [0.29, 0.717) is 0 Å². The molecule has 0 amide bonds. The fourth-order valence-electron chi connectivity index (χ4n) is 5.06. The van der Waals surface area contributed by atoms with Crippen LogP contribution in [0.4, 0.5) is 0 Å². The van der Waals surface area contributed by atoms with E-state index in [4.69, 9.17) is 4.98 Å². The molecule has 45 heavy (non-hydrogen) atoms. The van der Waals surface area contributed by atoms with Crippen molar-refractivity contribution in [1.82, 2.24) is 4.98 Å². The van der Waals surface area contributed by atoms with Crippen LogP contribution in [0.15, 0.2) is 90.7 Å². The zero-order valence-corrected chi connectivity index (χ0v) is 31.7. The Morgan fingerprint density at radius 1 is 0.867 bits per heavy atom. The molecule has 0 aliphatic heterocycles. The summed E-state index contributed by atoms with van der Waals surface area (Å²) in [5.74, 6) is 0.153. The third-order valence-corrected chi connectivity index (χ3v) is 9.83. The van der Waals surface area contributed by atoms with Crippen LogP contribution < -0.4 is 5.19 Å². The molecular weight excluding hydrogens is 747 g/mol. The first-order chi connectivity index (χ1) is 20.5. The first kappa shape index (κ1) is 36.1. The number of pyridine rings is 1. The fraction of sp³-hybridized carbons (Fsp3) is 0.300. The van der Waals surface area contributed by atoms with Crippen molar-refractivity contribution in [1.29, 1.82) is 0 Å². The number of benzene rings is 4. The average Bonchev–Trinajstić information content (AvgIpc) is 2.94. The number of aliphatic hydroxyl groups excluding tert-OH is 1. The van der Waals surface area contributed by atoms with Gasteiger partial charge in [-0.3, -0.25) is 9.78 Å². The quantitative estimate of drug-likeness (QED) is 0.0835. The Balaban J connectivity index is 0.000000365. The molecule has 1 heterocycles. The summed E-state index contributed by atoms with van der Waals surface area (Å²) in [5, 5.41) is 14.5. The number of ketones is 1. The molecule has 3 nitrogen and oxygen atoms in total. The average molecular weight is 793 g/mol. The Hall–Kier alpha value is -3.37.